The number of rotatable bonds is 5. The second kappa shape index (κ2) is 7.46. The molecular weight excluding hydrogens is 266 g/mol. The van der Waals surface area contributed by atoms with Crippen LogP contribution in [0.15, 0.2) is 53.9 Å². The van der Waals surface area contributed by atoms with E-state index in [1.165, 1.54) is 0 Å². The Morgan fingerprint density at radius 2 is 2.00 bits per heavy atom. The van der Waals surface area contributed by atoms with Crippen molar-refractivity contribution in [1.82, 2.24) is 10.4 Å². The van der Waals surface area contributed by atoms with Gasteiger partial charge in [0.2, 0.25) is 0 Å². The van der Waals surface area contributed by atoms with E-state index in [4.69, 9.17) is 11.2 Å². The molecule has 0 atom stereocenters. The summed E-state index contributed by atoms with van der Waals surface area (Å²) in [6, 6.07) is 10.4. The molecule has 0 aliphatic carbocycles. The monoisotopic (exact) mass is 279 g/mol. The molecule has 104 valence electrons. The highest BCUT2D eigenvalue weighted by molar-refractivity contribution is 5.94. The molecule has 0 aliphatic rings. The summed E-state index contributed by atoms with van der Waals surface area (Å²) in [6.07, 6.45) is 9.75. The number of ether oxygens (including phenoxy) is 1. The molecule has 0 saturated carbocycles. The first-order valence-corrected chi connectivity index (χ1v) is 6.19. The maximum atomic E-state index is 11.7. The molecule has 1 heterocycles. The van der Waals surface area contributed by atoms with Gasteiger partial charge in [-0.15, -0.1) is 6.42 Å². The molecule has 1 N–H and O–H groups in total. The van der Waals surface area contributed by atoms with Gasteiger partial charge in [-0.1, -0.05) is 5.92 Å². The minimum atomic E-state index is -0.289. The minimum absolute atomic E-state index is 0.232. The van der Waals surface area contributed by atoms with Gasteiger partial charge in [0.15, 0.2) is 0 Å². The lowest BCUT2D eigenvalue weighted by Crippen LogP contribution is -2.17. The van der Waals surface area contributed by atoms with E-state index in [0.29, 0.717) is 11.3 Å². The van der Waals surface area contributed by atoms with Crippen molar-refractivity contribution in [3.63, 3.8) is 0 Å². The van der Waals surface area contributed by atoms with E-state index in [9.17, 15) is 4.79 Å². The molecule has 2 rings (SSSR count). The fraction of sp³-hybridized carbons (Fsp3) is 0.0625. The number of hydrogen-bond donors (Lipinski definition) is 1. The van der Waals surface area contributed by atoms with Crippen molar-refractivity contribution in [2.24, 2.45) is 5.10 Å². The van der Waals surface area contributed by atoms with Gasteiger partial charge in [0.05, 0.1) is 6.21 Å². The largest absolute Gasteiger partial charge is 0.481 e. The first kappa shape index (κ1) is 14.3. The number of benzene rings is 1. The van der Waals surface area contributed by atoms with Gasteiger partial charge in [-0.25, -0.2) is 5.43 Å². The summed E-state index contributed by atoms with van der Waals surface area (Å²) in [6.45, 7) is 0.232. The van der Waals surface area contributed by atoms with E-state index in [2.05, 4.69) is 21.4 Å². The summed E-state index contributed by atoms with van der Waals surface area (Å²) in [5, 5.41) is 3.89. The van der Waals surface area contributed by atoms with E-state index in [0.717, 1.165) is 5.56 Å². The van der Waals surface area contributed by atoms with Gasteiger partial charge in [0.25, 0.3) is 5.91 Å². The number of pyridine rings is 1. The van der Waals surface area contributed by atoms with Crippen LogP contribution >= 0.6 is 0 Å². The van der Waals surface area contributed by atoms with Crippen molar-refractivity contribution in [3.8, 4) is 18.1 Å². The zero-order valence-electron chi connectivity index (χ0n) is 11.2. The van der Waals surface area contributed by atoms with Crippen LogP contribution in [0.3, 0.4) is 0 Å². The number of carbonyl (C=O) groups is 1. The number of hydrogen-bond acceptors (Lipinski definition) is 4. The second-order valence-electron chi connectivity index (χ2n) is 4.00. The van der Waals surface area contributed by atoms with Crippen LogP contribution in [0.2, 0.25) is 0 Å². The van der Waals surface area contributed by atoms with Crippen molar-refractivity contribution in [3.05, 3.63) is 59.9 Å². The molecule has 1 aromatic carbocycles. The van der Waals surface area contributed by atoms with Crippen LogP contribution in [0.1, 0.15) is 15.9 Å². The van der Waals surface area contributed by atoms with Gasteiger partial charge in [-0.2, -0.15) is 5.10 Å². The Morgan fingerprint density at radius 1 is 1.29 bits per heavy atom. The zero-order valence-corrected chi connectivity index (χ0v) is 11.2. The summed E-state index contributed by atoms with van der Waals surface area (Å²) >= 11 is 0. The summed E-state index contributed by atoms with van der Waals surface area (Å²) < 4.78 is 5.25. The molecule has 0 spiro atoms. The van der Waals surface area contributed by atoms with Gasteiger partial charge >= 0.3 is 0 Å². The Bertz CT molecular complexity index is 658. The lowest BCUT2D eigenvalue weighted by molar-refractivity contribution is 0.0955. The Balaban J connectivity index is 1.90. The molecule has 0 radical (unpaired) electrons. The van der Waals surface area contributed by atoms with Crippen molar-refractivity contribution in [2.75, 3.05) is 6.61 Å². The Labute approximate surface area is 122 Å². The van der Waals surface area contributed by atoms with Crippen LogP contribution in [-0.4, -0.2) is 23.7 Å². The van der Waals surface area contributed by atoms with E-state index in [-0.39, 0.29) is 12.5 Å². The number of carbonyl (C=O) groups excluding carboxylic acids is 1. The van der Waals surface area contributed by atoms with Gasteiger partial charge in [0.1, 0.15) is 12.4 Å². The molecule has 2 aromatic rings. The number of nitrogens with zero attached hydrogens (tertiary/aromatic N) is 2. The van der Waals surface area contributed by atoms with E-state index in [1.54, 1.807) is 42.9 Å². The highest BCUT2D eigenvalue weighted by Crippen LogP contribution is 2.10. The summed E-state index contributed by atoms with van der Waals surface area (Å²) in [7, 11) is 0. The Kier molecular flexibility index (Phi) is 5.07. The fourth-order valence-corrected chi connectivity index (χ4v) is 1.51. The highest BCUT2D eigenvalue weighted by atomic mass is 16.5. The van der Waals surface area contributed by atoms with Crippen LogP contribution in [0.25, 0.3) is 0 Å². The number of terminal acetylenes is 1. The molecule has 1 aromatic heterocycles. The van der Waals surface area contributed by atoms with Crippen LogP contribution in [0.5, 0.6) is 5.75 Å². The van der Waals surface area contributed by atoms with Gasteiger partial charge in [0, 0.05) is 18.0 Å². The minimum Gasteiger partial charge on any atom is -0.481 e. The predicted octanol–water partition coefficient (Wildman–Crippen LogP) is 1.86. The number of nitrogens with one attached hydrogen (secondary N) is 1. The molecule has 0 fully saturated rings. The summed E-state index contributed by atoms with van der Waals surface area (Å²) in [4.78, 5) is 15.6. The SMILES string of the molecule is C#CCOc1ccc(/C=N/NC(=O)c2ccncc2)cc1. The molecule has 0 unspecified atom stereocenters. The molecule has 1 amide bonds. The smallest absolute Gasteiger partial charge is 0.271 e. The molecule has 21 heavy (non-hydrogen) atoms. The first-order chi connectivity index (χ1) is 10.3. The Hall–Kier alpha value is -3.13. The predicted molar refractivity (Wildman–Crippen MR) is 80.1 cm³/mol. The second-order valence-corrected chi connectivity index (χ2v) is 4.00. The lowest BCUT2D eigenvalue weighted by Gasteiger charge is -2.02. The number of aromatic nitrogens is 1. The van der Waals surface area contributed by atoms with Gasteiger partial charge in [-0.3, -0.25) is 9.78 Å². The first-order valence-electron chi connectivity index (χ1n) is 6.19. The molecule has 5 heteroatoms. The van der Waals surface area contributed by atoms with E-state index >= 15 is 0 Å². The molecule has 0 bridgehead atoms. The Morgan fingerprint density at radius 3 is 2.67 bits per heavy atom. The molecule has 0 aliphatic heterocycles. The van der Waals surface area contributed by atoms with E-state index in [1.807, 2.05) is 12.1 Å². The van der Waals surface area contributed by atoms with Crippen LogP contribution in [0.4, 0.5) is 0 Å². The van der Waals surface area contributed by atoms with Crippen molar-refractivity contribution >= 4 is 12.1 Å². The fourth-order valence-electron chi connectivity index (χ4n) is 1.51. The number of hydrazone groups is 1. The normalized spacial score (nSPS) is 10.0. The molecular formula is C16H13N3O2. The molecule has 5 nitrogen and oxygen atoms in total. The van der Waals surface area contributed by atoms with Crippen molar-refractivity contribution in [2.45, 2.75) is 0 Å². The third-order valence-electron chi connectivity index (χ3n) is 2.52. The van der Waals surface area contributed by atoms with Crippen LogP contribution < -0.4 is 10.2 Å². The zero-order chi connectivity index (χ0) is 14.9. The van der Waals surface area contributed by atoms with Crippen molar-refractivity contribution in [1.29, 1.82) is 0 Å². The summed E-state index contributed by atoms with van der Waals surface area (Å²) in [5.41, 5.74) is 3.77. The van der Waals surface area contributed by atoms with Gasteiger partial charge < -0.3 is 4.74 Å². The van der Waals surface area contributed by atoms with E-state index < -0.39 is 0 Å². The molecule has 0 saturated heterocycles. The van der Waals surface area contributed by atoms with Gasteiger partial charge in [-0.05, 0) is 42.0 Å². The third-order valence-corrected chi connectivity index (χ3v) is 2.52. The van der Waals surface area contributed by atoms with Crippen molar-refractivity contribution < 1.29 is 9.53 Å². The van der Waals surface area contributed by atoms with Crippen LogP contribution in [0, 0.1) is 12.3 Å². The maximum absolute atomic E-state index is 11.7. The summed E-state index contributed by atoms with van der Waals surface area (Å²) in [5.74, 6) is 2.79. The topological polar surface area (TPSA) is 63.6 Å². The lowest BCUT2D eigenvalue weighted by atomic mass is 10.2. The standard InChI is InChI=1S/C16H13N3O2/c1-2-11-21-15-5-3-13(4-6-15)12-18-19-16(20)14-7-9-17-10-8-14/h1,3-10,12H,11H2,(H,19,20)/b18-12+. The average Bonchev–Trinajstić information content (AvgIpc) is 2.55. The number of amides is 1. The van der Waals surface area contributed by atoms with Crippen LogP contribution in [-0.2, 0) is 0 Å². The highest BCUT2D eigenvalue weighted by Gasteiger charge is 2.01. The third kappa shape index (κ3) is 4.48. The average molecular weight is 279 g/mol. The quantitative estimate of drug-likeness (QED) is 0.516. The maximum Gasteiger partial charge on any atom is 0.271 e.